The van der Waals surface area contributed by atoms with Crippen molar-refractivity contribution in [1.29, 1.82) is 0 Å². The third-order valence-electron chi connectivity index (χ3n) is 5.87. The molecule has 0 aliphatic heterocycles. The Morgan fingerprint density at radius 3 is 2.48 bits per heavy atom. The van der Waals surface area contributed by atoms with Crippen molar-refractivity contribution < 1.29 is 8.42 Å². The van der Waals surface area contributed by atoms with E-state index in [1.54, 1.807) is 36.7 Å². The molecule has 0 saturated heterocycles. The molecule has 1 atom stereocenters. The zero-order chi connectivity index (χ0) is 22.6. The van der Waals surface area contributed by atoms with E-state index in [9.17, 15) is 8.42 Å². The molecule has 0 radical (unpaired) electrons. The number of aromatic nitrogens is 4. The number of anilines is 3. The molecule has 0 fully saturated rings. The summed E-state index contributed by atoms with van der Waals surface area (Å²) in [7, 11) is -3.32. The number of sulfonamides is 1. The van der Waals surface area contributed by atoms with Crippen LogP contribution in [0.5, 0.6) is 0 Å². The minimum atomic E-state index is -3.32. The molecule has 2 N–H and O–H groups in total. The summed E-state index contributed by atoms with van der Waals surface area (Å²) >= 11 is 0. The van der Waals surface area contributed by atoms with Gasteiger partial charge in [-0.1, -0.05) is 36.4 Å². The molecule has 3 aromatic carbocycles. The molecule has 0 amide bonds. The van der Waals surface area contributed by atoms with Crippen LogP contribution >= 0.6 is 0 Å². The lowest BCUT2D eigenvalue weighted by molar-refractivity contribution is 0.550. The monoisotopic (exact) mass is 456 g/mol. The van der Waals surface area contributed by atoms with Crippen LogP contribution in [0, 0.1) is 0 Å². The molecule has 9 heteroatoms. The lowest BCUT2D eigenvalue weighted by Crippen LogP contribution is -2.12. The Labute approximate surface area is 190 Å². The van der Waals surface area contributed by atoms with Crippen molar-refractivity contribution in [2.75, 3.05) is 16.3 Å². The topological polar surface area (TPSA) is 102 Å². The second-order valence-corrected chi connectivity index (χ2v) is 9.97. The summed E-state index contributed by atoms with van der Waals surface area (Å²) in [6.07, 6.45) is 5.55. The SMILES string of the molecule is CS(=O)(=O)Nc1ccc(Nc2ncc3cnn([C@H]4Cc5cccc6cccc4c56)c3n2)cc1. The number of nitrogens with one attached hydrogen (secondary N) is 2. The van der Waals surface area contributed by atoms with Crippen LogP contribution in [-0.4, -0.2) is 34.4 Å². The van der Waals surface area contributed by atoms with Crippen molar-refractivity contribution in [1.82, 2.24) is 19.7 Å². The average Bonchev–Trinajstić information content (AvgIpc) is 3.37. The number of hydrogen-bond acceptors (Lipinski definition) is 6. The number of fused-ring (bicyclic) bond motifs is 1. The Hall–Kier alpha value is -3.98. The third kappa shape index (κ3) is 3.56. The molecule has 0 saturated carbocycles. The Morgan fingerprint density at radius 1 is 0.939 bits per heavy atom. The van der Waals surface area contributed by atoms with Crippen LogP contribution in [0.25, 0.3) is 21.8 Å². The van der Waals surface area contributed by atoms with Gasteiger partial charge in [0.1, 0.15) is 0 Å². The van der Waals surface area contributed by atoms with Crippen LogP contribution in [0.2, 0.25) is 0 Å². The van der Waals surface area contributed by atoms with Crippen molar-refractivity contribution >= 4 is 49.2 Å². The van der Waals surface area contributed by atoms with Crippen LogP contribution in [0.3, 0.4) is 0 Å². The van der Waals surface area contributed by atoms with E-state index in [1.165, 1.54) is 21.9 Å². The minimum absolute atomic E-state index is 0.0766. The average molecular weight is 457 g/mol. The quantitative estimate of drug-likeness (QED) is 0.410. The van der Waals surface area contributed by atoms with Crippen LogP contribution in [0.1, 0.15) is 17.2 Å². The second-order valence-electron chi connectivity index (χ2n) is 8.22. The van der Waals surface area contributed by atoms with Gasteiger partial charge in [-0.3, -0.25) is 4.72 Å². The number of rotatable bonds is 5. The molecule has 5 aromatic rings. The van der Waals surface area contributed by atoms with Gasteiger partial charge in [-0.05, 0) is 52.6 Å². The Bertz CT molecular complexity index is 1620. The van der Waals surface area contributed by atoms with Crippen molar-refractivity contribution in [3.63, 3.8) is 0 Å². The fourth-order valence-electron chi connectivity index (χ4n) is 4.52. The lowest BCUT2D eigenvalue weighted by atomic mass is 10.0. The smallest absolute Gasteiger partial charge is 0.229 e. The van der Waals surface area contributed by atoms with E-state index >= 15 is 0 Å². The lowest BCUT2D eigenvalue weighted by Gasteiger charge is -2.14. The van der Waals surface area contributed by atoms with E-state index in [4.69, 9.17) is 4.98 Å². The number of hydrogen-bond donors (Lipinski definition) is 2. The van der Waals surface area contributed by atoms with E-state index in [1.807, 2.05) is 4.68 Å². The molecule has 2 aromatic heterocycles. The fourth-order valence-corrected chi connectivity index (χ4v) is 5.09. The molecule has 6 rings (SSSR count). The molecule has 0 spiro atoms. The van der Waals surface area contributed by atoms with E-state index in [0.29, 0.717) is 11.6 Å². The molecular formula is C24H20N6O2S. The maximum Gasteiger partial charge on any atom is 0.229 e. The van der Waals surface area contributed by atoms with Crippen LogP contribution < -0.4 is 10.0 Å². The molecular weight excluding hydrogens is 436 g/mol. The molecule has 0 bridgehead atoms. The van der Waals surface area contributed by atoms with Crippen molar-refractivity contribution in [2.24, 2.45) is 0 Å². The first-order valence-electron chi connectivity index (χ1n) is 10.5. The van der Waals surface area contributed by atoms with Crippen LogP contribution in [0.15, 0.2) is 73.1 Å². The zero-order valence-electron chi connectivity index (χ0n) is 17.7. The highest BCUT2D eigenvalue weighted by atomic mass is 32.2. The highest BCUT2D eigenvalue weighted by Gasteiger charge is 2.27. The zero-order valence-corrected chi connectivity index (χ0v) is 18.5. The highest BCUT2D eigenvalue weighted by Crippen LogP contribution is 2.39. The summed E-state index contributed by atoms with van der Waals surface area (Å²) in [6, 6.07) is 19.8. The maximum absolute atomic E-state index is 11.4. The van der Waals surface area contributed by atoms with Gasteiger partial charge in [0.25, 0.3) is 0 Å². The van der Waals surface area contributed by atoms with Gasteiger partial charge in [-0.15, -0.1) is 0 Å². The first-order chi connectivity index (χ1) is 15.9. The van der Waals surface area contributed by atoms with Crippen molar-refractivity contribution in [3.8, 4) is 0 Å². The molecule has 33 heavy (non-hydrogen) atoms. The Balaban J connectivity index is 1.33. The largest absolute Gasteiger partial charge is 0.324 e. The Kier molecular flexibility index (Phi) is 4.34. The van der Waals surface area contributed by atoms with Gasteiger partial charge in [0, 0.05) is 17.6 Å². The van der Waals surface area contributed by atoms with Gasteiger partial charge < -0.3 is 5.32 Å². The van der Waals surface area contributed by atoms with E-state index < -0.39 is 10.0 Å². The Morgan fingerprint density at radius 2 is 1.70 bits per heavy atom. The number of benzene rings is 3. The maximum atomic E-state index is 11.4. The van der Waals surface area contributed by atoms with Gasteiger partial charge in [0.15, 0.2) is 5.65 Å². The summed E-state index contributed by atoms with van der Waals surface area (Å²) in [4.78, 5) is 9.17. The van der Waals surface area contributed by atoms with E-state index in [-0.39, 0.29) is 6.04 Å². The van der Waals surface area contributed by atoms with Gasteiger partial charge in [-0.25, -0.2) is 18.1 Å². The van der Waals surface area contributed by atoms with Gasteiger partial charge in [0.2, 0.25) is 16.0 Å². The van der Waals surface area contributed by atoms with E-state index in [0.717, 1.165) is 29.4 Å². The minimum Gasteiger partial charge on any atom is -0.324 e. The highest BCUT2D eigenvalue weighted by molar-refractivity contribution is 7.92. The third-order valence-corrected chi connectivity index (χ3v) is 6.48. The molecule has 1 aliphatic carbocycles. The summed E-state index contributed by atoms with van der Waals surface area (Å²) in [5.74, 6) is 0.446. The van der Waals surface area contributed by atoms with Gasteiger partial charge >= 0.3 is 0 Å². The summed E-state index contributed by atoms with van der Waals surface area (Å²) in [5.41, 5.74) is 4.59. The summed E-state index contributed by atoms with van der Waals surface area (Å²) in [5, 5.41) is 11.3. The van der Waals surface area contributed by atoms with Crippen LogP contribution in [-0.2, 0) is 16.4 Å². The fraction of sp³-hybridized carbons (Fsp3) is 0.125. The normalized spacial score (nSPS) is 15.2. The predicted molar refractivity (Wildman–Crippen MR) is 129 cm³/mol. The predicted octanol–water partition coefficient (Wildman–Crippen LogP) is 4.24. The van der Waals surface area contributed by atoms with Gasteiger partial charge in [0.05, 0.1) is 23.9 Å². The summed E-state index contributed by atoms with van der Waals surface area (Å²) in [6.45, 7) is 0. The molecule has 2 heterocycles. The second kappa shape index (κ2) is 7.28. The van der Waals surface area contributed by atoms with Crippen molar-refractivity contribution in [3.05, 3.63) is 84.2 Å². The van der Waals surface area contributed by atoms with Crippen molar-refractivity contribution in [2.45, 2.75) is 12.5 Å². The molecule has 164 valence electrons. The molecule has 8 nitrogen and oxygen atoms in total. The van der Waals surface area contributed by atoms with Crippen LogP contribution in [0.4, 0.5) is 17.3 Å². The van der Waals surface area contributed by atoms with Gasteiger partial charge in [-0.2, -0.15) is 10.1 Å². The first kappa shape index (κ1) is 19.7. The van der Waals surface area contributed by atoms with E-state index in [2.05, 4.69) is 56.5 Å². The molecule has 0 unspecified atom stereocenters. The summed E-state index contributed by atoms with van der Waals surface area (Å²) < 4.78 is 27.2. The number of nitrogens with zero attached hydrogens (tertiary/aromatic N) is 4. The standard InChI is InChI=1S/C24H20N6O2S/c1-33(31,32)29-19-10-8-18(9-11-19)27-24-25-13-17-14-26-30(23(17)28-24)21-12-16-6-2-4-15-5-3-7-20(21)22(15)16/h2-11,13-14,21,29H,12H2,1H3,(H,25,27,28)/t21-/m0/s1. The molecule has 1 aliphatic rings. The first-order valence-corrected chi connectivity index (χ1v) is 12.4.